The predicted octanol–water partition coefficient (Wildman–Crippen LogP) is 3.42. The minimum absolute atomic E-state index is 0.577. The summed E-state index contributed by atoms with van der Waals surface area (Å²) in [5.41, 5.74) is 2.15. The van der Waals surface area contributed by atoms with Crippen molar-refractivity contribution in [3.63, 3.8) is 0 Å². The van der Waals surface area contributed by atoms with E-state index in [1.54, 1.807) is 6.33 Å². The summed E-state index contributed by atoms with van der Waals surface area (Å²) >= 11 is 0. The molecule has 2 atom stereocenters. The Labute approximate surface area is 114 Å². The first kappa shape index (κ1) is 12.5. The lowest BCUT2D eigenvalue weighted by atomic mass is 9.83. The van der Waals surface area contributed by atoms with Gasteiger partial charge in [-0.15, -0.1) is 0 Å². The van der Waals surface area contributed by atoms with Gasteiger partial charge in [-0.3, -0.25) is 0 Å². The lowest BCUT2D eigenvalue weighted by molar-refractivity contribution is 0.316. The van der Waals surface area contributed by atoms with E-state index in [9.17, 15) is 0 Å². The van der Waals surface area contributed by atoms with Crippen molar-refractivity contribution < 1.29 is 0 Å². The topological polar surface area (TPSA) is 42.2 Å². The van der Waals surface area contributed by atoms with E-state index in [1.807, 2.05) is 4.52 Å². The van der Waals surface area contributed by atoms with Crippen LogP contribution in [0.2, 0.25) is 0 Å². The molecule has 1 saturated carbocycles. The largest absolute Gasteiger partial charge is 0.367 e. The molecule has 2 aromatic rings. The molecule has 1 aliphatic carbocycles. The van der Waals surface area contributed by atoms with E-state index >= 15 is 0 Å². The molecule has 2 heterocycles. The van der Waals surface area contributed by atoms with Gasteiger partial charge in [0.1, 0.15) is 12.1 Å². The van der Waals surface area contributed by atoms with Gasteiger partial charge in [0, 0.05) is 6.04 Å². The maximum absolute atomic E-state index is 4.32. The van der Waals surface area contributed by atoms with Crippen LogP contribution in [-0.2, 0) is 0 Å². The summed E-state index contributed by atoms with van der Waals surface area (Å²) in [5.74, 6) is 1.87. The van der Waals surface area contributed by atoms with Crippen molar-refractivity contribution in [2.75, 3.05) is 5.32 Å². The quantitative estimate of drug-likeness (QED) is 0.917. The van der Waals surface area contributed by atoms with Gasteiger partial charge in [0.25, 0.3) is 0 Å². The lowest BCUT2D eigenvalue weighted by Crippen LogP contribution is -2.32. The normalized spacial score (nSPS) is 23.7. The van der Waals surface area contributed by atoms with Crippen molar-refractivity contribution in [3.8, 4) is 0 Å². The first-order valence-electron chi connectivity index (χ1n) is 7.35. The van der Waals surface area contributed by atoms with Gasteiger partial charge in [0.05, 0.1) is 0 Å². The van der Waals surface area contributed by atoms with Gasteiger partial charge in [0.15, 0.2) is 5.65 Å². The van der Waals surface area contributed by atoms with Crippen LogP contribution in [0.1, 0.15) is 44.6 Å². The molecule has 0 amide bonds. The Kier molecular flexibility index (Phi) is 3.40. The van der Waals surface area contributed by atoms with Gasteiger partial charge < -0.3 is 5.32 Å². The molecule has 2 aromatic heterocycles. The zero-order chi connectivity index (χ0) is 13.2. The molecule has 0 aromatic carbocycles. The maximum atomic E-state index is 4.32. The van der Waals surface area contributed by atoms with E-state index in [2.05, 4.69) is 41.4 Å². The van der Waals surface area contributed by atoms with Gasteiger partial charge in [-0.25, -0.2) is 4.98 Å². The fraction of sp³-hybridized carbons (Fsp3) is 0.600. The van der Waals surface area contributed by atoms with Gasteiger partial charge in [-0.05, 0) is 43.4 Å². The standard InChI is InChI=1S/C15H22N4/c1-3-12-6-4-5-7-13(12)18-15-9-11(2)8-14-16-10-17-19(14)15/h8-10,12-13,18H,3-7H2,1-2H3. The third-order valence-electron chi connectivity index (χ3n) is 4.29. The monoisotopic (exact) mass is 258 g/mol. The van der Waals surface area contributed by atoms with Crippen molar-refractivity contribution in [3.05, 3.63) is 24.0 Å². The second-order valence-corrected chi connectivity index (χ2v) is 5.65. The fourth-order valence-electron chi connectivity index (χ4n) is 3.24. The molecule has 1 fully saturated rings. The Morgan fingerprint density at radius 1 is 1.32 bits per heavy atom. The minimum atomic E-state index is 0.577. The number of aryl methyl sites for hydroxylation is 1. The molecule has 0 aliphatic heterocycles. The minimum Gasteiger partial charge on any atom is -0.367 e. The van der Waals surface area contributed by atoms with Gasteiger partial charge in [-0.2, -0.15) is 9.61 Å². The second kappa shape index (κ2) is 5.19. The first-order chi connectivity index (χ1) is 9.28. The highest BCUT2D eigenvalue weighted by Crippen LogP contribution is 2.29. The molecule has 0 radical (unpaired) electrons. The summed E-state index contributed by atoms with van der Waals surface area (Å²) in [6.07, 6.45) is 8.20. The molecule has 4 heteroatoms. The van der Waals surface area contributed by atoms with Gasteiger partial charge in [-0.1, -0.05) is 26.2 Å². The summed E-state index contributed by atoms with van der Waals surface area (Å²) in [6, 6.07) is 4.81. The zero-order valence-electron chi connectivity index (χ0n) is 11.8. The van der Waals surface area contributed by atoms with Crippen molar-refractivity contribution in [2.24, 2.45) is 5.92 Å². The molecule has 19 heavy (non-hydrogen) atoms. The summed E-state index contributed by atoms with van der Waals surface area (Å²) in [7, 11) is 0. The zero-order valence-corrected chi connectivity index (χ0v) is 11.8. The lowest BCUT2D eigenvalue weighted by Gasteiger charge is -2.32. The van der Waals surface area contributed by atoms with Crippen LogP contribution in [0.25, 0.3) is 5.65 Å². The highest BCUT2D eigenvalue weighted by molar-refractivity contribution is 5.51. The van der Waals surface area contributed by atoms with E-state index in [4.69, 9.17) is 0 Å². The number of nitrogens with zero attached hydrogens (tertiary/aromatic N) is 3. The Morgan fingerprint density at radius 3 is 3.00 bits per heavy atom. The van der Waals surface area contributed by atoms with Crippen molar-refractivity contribution in [1.29, 1.82) is 0 Å². The Morgan fingerprint density at radius 2 is 2.16 bits per heavy atom. The second-order valence-electron chi connectivity index (χ2n) is 5.65. The van der Waals surface area contributed by atoms with Crippen LogP contribution in [0.5, 0.6) is 0 Å². The number of hydrogen-bond donors (Lipinski definition) is 1. The summed E-state index contributed by atoms with van der Waals surface area (Å²) in [6.45, 7) is 4.41. The molecule has 0 spiro atoms. The number of nitrogens with one attached hydrogen (secondary N) is 1. The molecule has 2 unspecified atom stereocenters. The van der Waals surface area contributed by atoms with E-state index in [-0.39, 0.29) is 0 Å². The molecule has 4 nitrogen and oxygen atoms in total. The van der Waals surface area contributed by atoms with E-state index in [1.165, 1.54) is 37.7 Å². The fourth-order valence-corrected chi connectivity index (χ4v) is 3.24. The third-order valence-corrected chi connectivity index (χ3v) is 4.29. The van der Waals surface area contributed by atoms with Gasteiger partial charge in [0.2, 0.25) is 0 Å². The van der Waals surface area contributed by atoms with E-state index < -0.39 is 0 Å². The van der Waals surface area contributed by atoms with Crippen LogP contribution in [0.15, 0.2) is 18.5 Å². The van der Waals surface area contributed by atoms with Crippen LogP contribution in [-0.4, -0.2) is 20.6 Å². The number of pyridine rings is 1. The van der Waals surface area contributed by atoms with E-state index in [0.717, 1.165) is 17.4 Å². The maximum Gasteiger partial charge on any atom is 0.157 e. The van der Waals surface area contributed by atoms with Crippen LogP contribution in [0.3, 0.4) is 0 Å². The number of hydrogen-bond acceptors (Lipinski definition) is 3. The van der Waals surface area contributed by atoms with Gasteiger partial charge >= 0.3 is 0 Å². The molecular formula is C15H22N4. The summed E-state index contributed by atoms with van der Waals surface area (Å²) in [4.78, 5) is 4.28. The molecule has 0 saturated heterocycles. The average molecular weight is 258 g/mol. The summed E-state index contributed by atoms with van der Waals surface area (Å²) < 4.78 is 1.91. The van der Waals surface area contributed by atoms with Crippen LogP contribution in [0.4, 0.5) is 5.82 Å². The third kappa shape index (κ3) is 2.44. The highest BCUT2D eigenvalue weighted by atomic mass is 15.3. The predicted molar refractivity (Wildman–Crippen MR) is 77.4 cm³/mol. The van der Waals surface area contributed by atoms with Crippen molar-refractivity contribution >= 4 is 11.5 Å². The number of anilines is 1. The number of rotatable bonds is 3. The highest BCUT2D eigenvalue weighted by Gasteiger charge is 2.24. The number of fused-ring (bicyclic) bond motifs is 1. The van der Waals surface area contributed by atoms with Crippen LogP contribution < -0.4 is 5.32 Å². The Bertz CT molecular complexity index is 560. The molecule has 3 rings (SSSR count). The molecular weight excluding hydrogens is 236 g/mol. The van der Waals surface area contributed by atoms with Crippen LogP contribution >= 0.6 is 0 Å². The molecule has 1 aliphatic rings. The SMILES string of the molecule is CCC1CCCCC1Nc1cc(C)cc2ncnn12. The molecule has 0 bridgehead atoms. The smallest absolute Gasteiger partial charge is 0.157 e. The van der Waals surface area contributed by atoms with Crippen LogP contribution in [0, 0.1) is 12.8 Å². The Balaban J connectivity index is 1.89. The first-order valence-corrected chi connectivity index (χ1v) is 7.35. The van der Waals surface area contributed by atoms with Crippen molar-refractivity contribution in [2.45, 2.75) is 52.0 Å². The Hall–Kier alpha value is -1.58. The summed E-state index contributed by atoms with van der Waals surface area (Å²) in [5, 5.41) is 8.03. The van der Waals surface area contributed by atoms with E-state index in [0.29, 0.717) is 6.04 Å². The number of aromatic nitrogens is 3. The average Bonchev–Trinajstić information content (AvgIpc) is 2.87. The van der Waals surface area contributed by atoms with Crippen molar-refractivity contribution in [1.82, 2.24) is 14.6 Å². The molecule has 1 N–H and O–H groups in total. The molecule has 102 valence electrons.